The van der Waals surface area contributed by atoms with Crippen molar-refractivity contribution in [2.24, 2.45) is 0 Å². The van der Waals surface area contributed by atoms with E-state index in [1.54, 1.807) is 9.80 Å². The molecule has 1 atom stereocenters. The van der Waals surface area contributed by atoms with Crippen molar-refractivity contribution >= 4 is 17.5 Å². The second kappa shape index (κ2) is 7.60. The standard InChI is InChI=1S/C21H24N2O3/c1-15-8-10-17(11-9-15)16(2)22(3)20(24)12-13-23-18-6-4-5-7-19(18)26-14-21(23)25/h4-11,16H,12-14H2,1-3H3. The Morgan fingerprint density at radius 3 is 2.62 bits per heavy atom. The SMILES string of the molecule is Cc1ccc(C(C)N(C)C(=O)CCN2C(=O)COc3ccccc32)cc1. The number of aryl methyl sites for hydroxylation is 1. The zero-order valence-corrected chi connectivity index (χ0v) is 15.4. The smallest absolute Gasteiger partial charge is 0.265 e. The van der Waals surface area contributed by atoms with E-state index in [9.17, 15) is 9.59 Å². The minimum absolute atomic E-state index is 0.00912. The molecule has 5 nitrogen and oxygen atoms in total. The number of ether oxygens (including phenoxy) is 1. The van der Waals surface area contributed by atoms with E-state index in [1.807, 2.05) is 69.4 Å². The van der Waals surface area contributed by atoms with E-state index < -0.39 is 0 Å². The van der Waals surface area contributed by atoms with Crippen LogP contribution in [0.5, 0.6) is 5.75 Å². The lowest BCUT2D eigenvalue weighted by atomic mass is 10.1. The third kappa shape index (κ3) is 3.72. The number of amides is 2. The predicted octanol–water partition coefficient (Wildman–Crippen LogP) is 3.33. The fourth-order valence-electron chi connectivity index (χ4n) is 3.07. The maximum Gasteiger partial charge on any atom is 0.265 e. The summed E-state index contributed by atoms with van der Waals surface area (Å²) in [5.74, 6) is 0.571. The highest BCUT2D eigenvalue weighted by molar-refractivity contribution is 5.98. The highest BCUT2D eigenvalue weighted by Gasteiger charge is 2.26. The number of carbonyl (C=O) groups is 2. The van der Waals surface area contributed by atoms with E-state index in [0.717, 1.165) is 11.3 Å². The summed E-state index contributed by atoms with van der Waals surface area (Å²) < 4.78 is 5.44. The van der Waals surface area contributed by atoms with E-state index >= 15 is 0 Å². The van der Waals surface area contributed by atoms with Gasteiger partial charge in [-0.2, -0.15) is 0 Å². The summed E-state index contributed by atoms with van der Waals surface area (Å²) in [5.41, 5.74) is 3.02. The molecule has 0 fully saturated rings. The average molecular weight is 352 g/mol. The lowest BCUT2D eigenvalue weighted by Gasteiger charge is -2.30. The molecule has 1 heterocycles. The van der Waals surface area contributed by atoms with Crippen LogP contribution in [0.4, 0.5) is 5.69 Å². The van der Waals surface area contributed by atoms with Gasteiger partial charge in [-0.25, -0.2) is 0 Å². The molecule has 1 unspecified atom stereocenters. The fraction of sp³-hybridized carbons (Fsp3) is 0.333. The van der Waals surface area contributed by atoms with Crippen molar-refractivity contribution in [1.82, 2.24) is 4.90 Å². The first-order valence-electron chi connectivity index (χ1n) is 8.82. The molecule has 0 aliphatic carbocycles. The number of benzene rings is 2. The summed E-state index contributed by atoms with van der Waals surface area (Å²) in [7, 11) is 1.81. The van der Waals surface area contributed by atoms with Gasteiger partial charge in [0.2, 0.25) is 5.91 Å². The first-order valence-corrected chi connectivity index (χ1v) is 8.82. The Hall–Kier alpha value is -2.82. The van der Waals surface area contributed by atoms with Crippen LogP contribution in [0.25, 0.3) is 0 Å². The van der Waals surface area contributed by atoms with Crippen molar-refractivity contribution in [1.29, 1.82) is 0 Å². The minimum atomic E-state index is -0.120. The molecule has 1 aliphatic heterocycles. The average Bonchev–Trinajstić information content (AvgIpc) is 2.66. The van der Waals surface area contributed by atoms with E-state index in [1.165, 1.54) is 5.56 Å². The Morgan fingerprint density at radius 2 is 1.88 bits per heavy atom. The Labute approximate surface area is 154 Å². The van der Waals surface area contributed by atoms with Gasteiger partial charge in [0.05, 0.1) is 11.7 Å². The number of fused-ring (bicyclic) bond motifs is 1. The fourth-order valence-corrected chi connectivity index (χ4v) is 3.07. The molecule has 136 valence electrons. The second-order valence-electron chi connectivity index (χ2n) is 6.64. The van der Waals surface area contributed by atoms with Gasteiger partial charge in [-0.05, 0) is 31.5 Å². The normalized spacial score (nSPS) is 14.4. The van der Waals surface area contributed by atoms with Crippen molar-refractivity contribution in [2.75, 3.05) is 25.1 Å². The van der Waals surface area contributed by atoms with E-state index in [-0.39, 0.29) is 30.9 Å². The minimum Gasteiger partial charge on any atom is -0.482 e. The topological polar surface area (TPSA) is 49.9 Å². The van der Waals surface area contributed by atoms with Gasteiger partial charge >= 0.3 is 0 Å². The predicted molar refractivity (Wildman–Crippen MR) is 101 cm³/mol. The summed E-state index contributed by atoms with van der Waals surface area (Å²) in [4.78, 5) is 28.2. The molecule has 0 saturated heterocycles. The second-order valence-corrected chi connectivity index (χ2v) is 6.64. The van der Waals surface area contributed by atoms with Crippen molar-refractivity contribution < 1.29 is 14.3 Å². The van der Waals surface area contributed by atoms with Gasteiger partial charge < -0.3 is 14.5 Å². The van der Waals surface area contributed by atoms with Crippen molar-refractivity contribution in [3.05, 3.63) is 59.7 Å². The van der Waals surface area contributed by atoms with Crippen LogP contribution >= 0.6 is 0 Å². The van der Waals surface area contributed by atoms with Crippen molar-refractivity contribution in [3.8, 4) is 5.75 Å². The number of nitrogens with zero attached hydrogens (tertiary/aromatic N) is 2. The zero-order chi connectivity index (χ0) is 18.7. The molecule has 0 spiro atoms. The Bertz CT molecular complexity index is 801. The lowest BCUT2D eigenvalue weighted by molar-refractivity contribution is -0.131. The van der Waals surface area contributed by atoms with E-state index in [0.29, 0.717) is 12.3 Å². The van der Waals surface area contributed by atoms with Gasteiger partial charge in [-0.1, -0.05) is 42.0 Å². The van der Waals surface area contributed by atoms with Crippen LogP contribution in [0.1, 0.15) is 30.5 Å². The summed E-state index contributed by atoms with van der Waals surface area (Å²) in [6.07, 6.45) is 0.271. The first kappa shape index (κ1) is 18.0. The molecule has 2 aromatic rings. The van der Waals surface area contributed by atoms with Gasteiger partial charge in [0.15, 0.2) is 6.61 Å². The van der Waals surface area contributed by atoms with Crippen molar-refractivity contribution in [2.45, 2.75) is 26.3 Å². The molecule has 1 aliphatic rings. The molecular weight excluding hydrogens is 328 g/mol. The molecule has 0 bridgehead atoms. The van der Waals surface area contributed by atoms with Crippen LogP contribution in [0, 0.1) is 6.92 Å². The molecular formula is C21H24N2O3. The number of hydrogen-bond donors (Lipinski definition) is 0. The third-order valence-corrected chi connectivity index (χ3v) is 4.89. The maximum atomic E-state index is 12.6. The van der Waals surface area contributed by atoms with E-state index in [2.05, 4.69) is 0 Å². The van der Waals surface area contributed by atoms with Gasteiger partial charge in [-0.15, -0.1) is 0 Å². The summed E-state index contributed by atoms with van der Waals surface area (Å²) in [5, 5.41) is 0. The van der Waals surface area contributed by atoms with Crippen LogP contribution in [-0.4, -0.2) is 36.9 Å². The summed E-state index contributed by atoms with van der Waals surface area (Å²) in [6, 6.07) is 15.6. The molecule has 0 aromatic heterocycles. The summed E-state index contributed by atoms with van der Waals surface area (Å²) >= 11 is 0. The van der Waals surface area contributed by atoms with Gasteiger partial charge in [0.1, 0.15) is 5.75 Å². The van der Waals surface area contributed by atoms with Gasteiger partial charge in [0.25, 0.3) is 5.91 Å². The highest BCUT2D eigenvalue weighted by Crippen LogP contribution is 2.31. The quantitative estimate of drug-likeness (QED) is 0.829. The van der Waals surface area contributed by atoms with Gasteiger partial charge in [-0.3, -0.25) is 9.59 Å². The Morgan fingerprint density at radius 1 is 1.19 bits per heavy atom. The number of carbonyl (C=O) groups excluding carboxylic acids is 2. The van der Waals surface area contributed by atoms with E-state index in [4.69, 9.17) is 4.74 Å². The van der Waals surface area contributed by atoms with Gasteiger partial charge in [0, 0.05) is 20.0 Å². The first-order chi connectivity index (χ1) is 12.5. The number of rotatable bonds is 5. The van der Waals surface area contributed by atoms with Crippen LogP contribution < -0.4 is 9.64 Å². The number of anilines is 1. The van der Waals surface area contributed by atoms with Crippen LogP contribution in [-0.2, 0) is 9.59 Å². The van der Waals surface area contributed by atoms with Crippen molar-refractivity contribution in [3.63, 3.8) is 0 Å². The van der Waals surface area contributed by atoms with Crippen LogP contribution in [0.15, 0.2) is 48.5 Å². The lowest BCUT2D eigenvalue weighted by Crippen LogP contribution is -2.41. The maximum absolute atomic E-state index is 12.6. The monoisotopic (exact) mass is 352 g/mol. The molecule has 26 heavy (non-hydrogen) atoms. The molecule has 2 aromatic carbocycles. The number of hydrogen-bond acceptors (Lipinski definition) is 3. The highest BCUT2D eigenvalue weighted by atomic mass is 16.5. The van der Waals surface area contributed by atoms with Crippen LogP contribution in [0.3, 0.4) is 0 Å². The molecule has 0 radical (unpaired) electrons. The molecule has 0 saturated carbocycles. The Kier molecular flexibility index (Phi) is 5.26. The molecule has 2 amide bonds. The summed E-state index contributed by atoms with van der Waals surface area (Å²) in [6.45, 7) is 4.42. The Balaban J connectivity index is 1.65. The molecule has 3 rings (SSSR count). The molecule has 5 heteroatoms. The molecule has 0 N–H and O–H groups in total. The van der Waals surface area contributed by atoms with Crippen LogP contribution in [0.2, 0.25) is 0 Å². The largest absolute Gasteiger partial charge is 0.482 e. The number of para-hydroxylation sites is 2. The zero-order valence-electron chi connectivity index (χ0n) is 15.4. The third-order valence-electron chi connectivity index (χ3n) is 4.89.